The second-order valence-electron chi connectivity index (χ2n) is 3.74. The molecule has 2 nitrogen and oxygen atoms in total. The van der Waals surface area contributed by atoms with Crippen LogP contribution in [0.15, 0.2) is 0 Å². The van der Waals surface area contributed by atoms with Crippen LogP contribution >= 0.6 is 0 Å². The van der Waals surface area contributed by atoms with Crippen LogP contribution in [0.3, 0.4) is 0 Å². The first-order valence-corrected chi connectivity index (χ1v) is 4.60. The van der Waals surface area contributed by atoms with E-state index in [1.807, 2.05) is 27.7 Å². The molecule has 0 aromatic heterocycles. The Morgan fingerprint density at radius 1 is 1.33 bits per heavy atom. The number of hydrogen-bond acceptors (Lipinski definition) is 2. The second-order valence-corrected chi connectivity index (χ2v) is 3.74. The van der Waals surface area contributed by atoms with Crippen molar-refractivity contribution in [3.63, 3.8) is 0 Å². The first kappa shape index (κ1) is 11.3. The van der Waals surface area contributed by atoms with Gasteiger partial charge in [-0.05, 0) is 12.3 Å². The number of ketones is 1. The van der Waals surface area contributed by atoms with Gasteiger partial charge >= 0.3 is 0 Å². The van der Waals surface area contributed by atoms with Crippen molar-refractivity contribution in [2.45, 2.75) is 40.5 Å². The average molecular weight is 169 g/mol. The Morgan fingerprint density at radius 2 is 1.83 bits per heavy atom. The fraction of sp³-hybridized carbons (Fsp3) is 0.800. The van der Waals surface area contributed by atoms with E-state index in [0.29, 0.717) is 18.1 Å². The molecule has 0 aromatic rings. The molecule has 0 aromatic carbocycles. The zero-order valence-corrected chi connectivity index (χ0v) is 8.48. The summed E-state index contributed by atoms with van der Waals surface area (Å²) in [6, 6.07) is 0. The Bertz CT molecular complexity index is 173. The lowest BCUT2D eigenvalue weighted by Gasteiger charge is -2.10. The molecule has 0 spiro atoms. The molecule has 0 amide bonds. The molecule has 0 radical (unpaired) electrons. The molecular weight excluding hydrogens is 150 g/mol. The summed E-state index contributed by atoms with van der Waals surface area (Å²) in [5.74, 6) is 0.498. The van der Waals surface area contributed by atoms with Crippen molar-refractivity contribution in [2.75, 3.05) is 0 Å². The van der Waals surface area contributed by atoms with Crippen molar-refractivity contribution in [3.8, 4) is 0 Å². The third-order valence-corrected chi connectivity index (χ3v) is 2.00. The minimum absolute atomic E-state index is 0.0133. The van der Waals surface area contributed by atoms with Gasteiger partial charge in [-0.2, -0.15) is 0 Å². The SMILES string of the molecule is CC[C@@H](C)C(=N)C(=O)CC(C)C. The molecular formula is C10H19NO. The largest absolute Gasteiger partial charge is 0.301 e. The van der Waals surface area contributed by atoms with Gasteiger partial charge in [0.05, 0.1) is 5.71 Å². The van der Waals surface area contributed by atoms with E-state index in [-0.39, 0.29) is 11.7 Å². The van der Waals surface area contributed by atoms with Crippen LogP contribution in [0.25, 0.3) is 0 Å². The normalized spacial score (nSPS) is 13.1. The van der Waals surface area contributed by atoms with Gasteiger partial charge in [0.25, 0.3) is 0 Å². The lowest BCUT2D eigenvalue weighted by atomic mass is 9.95. The van der Waals surface area contributed by atoms with Crippen LogP contribution in [0.2, 0.25) is 0 Å². The predicted molar refractivity (Wildman–Crippen MR) is 51.6 cm³/mol. The van der Waals surface area contributed by atoms with Crippen LogP contribution in [0.4, 0.5) is 0 Å². The van der Waals surface area contributed by atoms with Crippen LogP contribution in [0.5, 0.6) is 0 Å². The van der Waals surface area contributed by atoms with E-state index in [2.05, 4.69) is 0 Å². The summed E-state index contributed by atoms with van der Waals surface area (Å²) in [6.45, 7) is 7.94. The van der Waals surface area contributed by atoms with Gasteiger partial charge in [0.15, 0.2) is 5.78 Å². The molecule has 12 heavy (non-hydrogen) atoms. The fourth-order valence-electron chi connectivity index (χ4n) is 0.960. The first-order valence-electron chi connectivity index (χ1n) is 4.60. The molecule has 0 saturated carbocycles. The fourth-order valence-corrected chi connectivity index (χ4v) is 0.960. The van der Waals surface area contributed by atoms with Crippen LogP contribution in [0, 0.1) is 17.2 Å². The molecule has 70 valence electrons. The summed E-state index contributed by atoms with van der Waals surface area (Å²) in [6.07, 6.45) is 1.39. The van der Waals surface area contributed by atoms with E-state index in [1.54, 1.807) is 0 Å². The number of nitrogens with one attached hydrogen (secondary N) is 1. The monoisotopic (exact) mass is 169 g/mol. The number of carbonyl (C=O) groups is 1. The molecule has 0 fully saturated rings. The van der Waals surface area contributed by atoms with Gasteiger partial charge in [-0.25, -0.2) is 0 Å². The van der Waals surface area contributed by atoms with Crippen molar-refractivity contribution in [2.24, 2.45) is 11.8 Å². The molecule has 0 aliphatic rings. The standard InChI is InChI=1S/C10H19NO/c1-5-8(4)10(11)9(12)6-7(2)3/h7-8,11H,5-6H2,1-4H3/t8-/m1/s1. The number of rotatable bonds is 5. The maximum absolute atomic E-state index is 11.3. The van der Waals surface area contributed by atoms with E-state index in [0.717, 1.165) is 6.42 Å². The Balaban J connectivity index is 4.02. The summed E-state index contributed by atoms with van der Waals surface area (Å²) in [5.41, 5.74) is 0.297. The topological polar surface area (TPSA) is 40.9 Å². The van der Waals surface area contributed by atoms with Crippen LogP contribution in [-0.4, -0.2) is 11.5 Å². The molecule has 0 rings (SSSR count). The van der Waals surface area contributed by atoms with Gasteiger partial charge < -0.3 is 5.41 Å². The van der Waals surface area contributed by atoms with Crippen molar-refractivity contribution < 1.29 is 4.79 Å². The number of carbonyl (C=O) groups excluding carboxylic acids is 1. The lowest BCUT2D eigenvalue weighted by Crippen LogP contribution is -2.21. The van der Waals surface area contributed by atoms with Gasteiger partial charge in [-0.3, -0.25) is 4.79 Å². The Morgan fingerprint density at radius 3 is 2.17 bits per heavy atom. The number of hydrogen-bond donors (Lipinski definition) is 1. The molecule has 0 unspecified atom stereocenters. The highest BCUT2D eigenvalue weighted by Gasteiger charge is 2.15. The average Bonchev–Trinajstić information content (AvgIpc) is 2.00. The van der Waals surface area contributed by atoms with Crippen LogP contribution in [0.1, 0.15) is 40.5 Å². The van der Waals surface area contributed by atoms with E-state index in [9.17, 15) is 4.79 Å². The minimum atomic E-state index is 0.0133. The van der Waals surface area contributed by atoms with Crippen molar-refractivity contribution in [1.29, 1.82) is 5.41 Å². The molecule has 0 saturated heterocycles. The molecule has 1 N–H and O–H groups in total. The van der Waals surface area contributed by atoms with E-state index in [1.165, 1.54) is 0 Å². The van der Waals surface area contributed by atoms with Crippen molar-refractivity contribution in [1.82, 2.24) is 0 Å². The van der Waals surface area contributed by atoms with Crippen molar-refractivity contribution in [3.05, 3.63) is 0 Å². The van der Waals surface area contributed by atoms with Gasteiger partial charge in [0.2, 0.25) is 0 Å². The van der Waals surface area contributed by atoms with Crippen LogP contribution < -0.4 is 0 Å². The van der Waals surface area contributed by atoms with E-state index >= 15 is 0 Å². The molecule has 1 atom stereocenters. The maximum atomic E-state index is 11.3. The highest BCUT2D eigenvalue weighted by molar-refractivity contribution is 6.39. The molecule has 0 aliphatic heterocycles. The van der Waals surface area contributed by atoms with Gasteiger partial charge in [0.1, 0.15) is 0 Å². The van der Waals surface area contributed by atoms with E-state index < -0.39 is 0 Å². The summed E-state index contributed by atoms with van der Waals surface area (Å²) in [4.78, 5) is 11.3. The quantitative estimate of drug-likeness (QED) is 0.631. The van der Waals surface area contributed by atoms with Crippen molar-refractivity contribution >= 4 is 11.5 Å². The minimum Gasteiger partial charge on any atom is -0.301 e. The molecule has 0 heterocycles. The number of Topliss-reactive ketones (excluding diaryl/α,β-unsaturated/α-hetero) is 1. The van der Waals surface area contributed by atoms with Gasteiger partial charge in [-0.15, -0.1) is 0 Å². The van der Waals surface area contributed by atoms with Gasteiger partial charge in [-0.1, -0.05) is 27.7 Å². The third-order valence-electron chi connectivity index (χ3n) is 2.00. The molecule has 2 heteroatoms. The Hall–Kier alpha value is -0.660. The zero-order valence-electron chi connectivity index (χ0n) is 8.48. The summed E-state index contributed by atoms with van der Waals surface area (Å²) < 4.78 is 0. The lowest BCUT2D eigenvalue weighted by molar-refractivity contribution is -0.113. The van der Waals surface area contributed by atoms with Gasteiger partial charge in [0, 0.05) is 12.3 Å². The maximum Gasteiger partial charge on any atom is 0.176 e. The highest BCUT2D eigenvalue weighted by atomic mass is 16.1. The highest BCUT2D eigenvalue weighted by Crippen LogP contribution is 2.08. The third kappa shape index (κ3) is 3.65. The Kier molecular flexibility index (Phi) is 4.79. The van der Waals surface area contributed by atoms with E-state index in [4.69, 9.17) is 5.41 Å². The van der Waals surface area contributed by atoms with Crippen LogP contribution in [-0.2, 0) is 4.79 Å². The first-order chi connectivity index (χ1) is 5.49. The second kappa shape index (κ2) is 5.07. The zero-order chi connectivity index (χ0) is 9.72. The predicted octanol–water partition coefficient (Wildman–Crippen LogP) is 2.67. The summed E-state index contributed by atoms with van der Waals surface area (Å²) in [5, 5.41) is 7.54. The molecule has 0 aliphatic carbocycles. The summed E-state index contributed by atoms with van der Waals surface area (Å²) >= 11 is 0. The Labute approximate surface area is 74.9 Å². The smallest absolute Gasteiger partial charge is 0.176 e. The molecule has 0 bridgehead atoms. The summed E-state index contributed by atoms with van der Waals surface area (Å²) in [7, 11) is 0.